The molecule has 0 bridgehead atoms. The van der Waals surface area contributed by atoms with E-state index in [1.165, 1.54) is 14.2 Å². The lowest BCUT2D eigenvalue weighted by Crippen LogP contribution is -2.58. The Morgan fingerprint density at radius 2 is 2.15 bits per heavy atom. The lowest BCUT2D eigenvalue weighted by molar-refractivity contribution is -0.275. The molecule has 1 aromatic rings. The van der Waals surface area contributed by atoms with E-state index in [-0.39, 0.29) is 12.5 Å². The minimum absolute atomic E-state index is 0.160. The molecule has 1 atom stereocenters. The summed E-state index contributed by atoms with van der Waals surface area (Å²) in [7, 11) is 2.97. The highest BCUT2D eigenvalue weighted by Crippen LogP contribution is 2.28. The molecule has 1 aliphatic rings. The molecule has 1 N–H and O–H groups in total. The van der Waals surface area contributed by atoms with Gasteiger partial charge in [0.25, 0.3) is 5.91 Å². The average molecular weight is 300 g/mol. The Labute approximate surface area is 123 Å². The van der Waals surface area contributed by atoms with Crippen LogP contribution in [0.25, 0.3) is 0 Å². The second-order valence-electron chi connectivity index (χ2n) is 4.75. The van der Waals surface area contributed by atoms with E-state index in [1.54, 1.807) is 29.2 Å². The molecule has 0 aliphatic carbocycles. The Balaban J connectivity index is 2.11. The highest BCUT2D eigenvalue weighted by Gasteiger charge is 2.44. The number of hydrogen-bond acceptors (Lipinski definition) is 4. The van der Waals surface area contributed by atoms with E-state index < -0.39 is 11.9 Å². The zero-order chi connectivity index (χ0) is 14.8. The summed E-state index contributed by atoms with van der Waals surface area (Å²) in [6, 6.07) is 6.76. The topological polar surface area (TPSA) is 59.0 Å². The highest BCUT2D eigenvalue weighted by molar-refractivity contribution is 6.30. The molecule has 0 radical (unpaired) electrons. The molecule has 1 amide bonds. The van der Waals surface area contributed by atoms with Crippen LogP contribution < -0.4 is 0 Å². The second-order valence-corrected chi connectivity index (χ2v) is 5.18. The summed E-state index contributed by atoms with van der Waals surface area (Å²) in [6.45, 7) is 0.608. The first-order chi connectivity index (χ1) is 9.52. The van der Waals surface area contributed by atoms with E-state index in [0.717, 1.165) is 0 Å². The number of likely N-dealkylation sites (tertiary alicyclic amines) is 1. The van der Waals surface area contributed by atoms with Crippen molar-refractivity contribution in [1.29, 1.82) is 0 Å². The van der Waals surface area contributed by atoms with E-state index >= 15 is 0 Å². The summed E-state index contributed by atoms with van der Waals surface area (Å²) in [5, 5.41) is 10.7. The summed E-state index contributed by atoms with van der Waals surface area (Å²) in [5.41, 5.74) is 0.507. The maximum atomic E-state index is 12.4. The standard InChI is InChI=1S/C14H18ClNO4/c1-19-14(20-2)6-7-16(9-12(14)17)13(18)10-4-3-5-11(15)8-10/h3-5,8,12,17H,6-7,9H2,1-2H3. The maximum Gasteiger partial charge on any atom is 0.253 e. The zero-order valence-electron chi connectivity index (χ0n) is 11.5. The van der Waals surface area contributed by atoms with Gasteiger partial charge in [-0.1, -0.05) is 17.7 Å². The molecule has 1 heterocycles. The largest absolute Gasteiger partial charge is 0.386 e. The smallest absolute Gasteiger partial charge is 0.253 e. The van der Waals surface area contributed by atoms with Crippen molar-refractivity contribution in [2.45, 2.75) is 18.3 Å². The number of halogens is 1. The lowest BCUT2D eigenvalue weighted by Gasteiger charge is -2.43. The van der Waals surface area contributed by atoms with Crippen molar-refractivity contribution in [2.75, 3.05) is 27.3 Å². The van der Waals surface area contributed by atoms with Gasteiger partial charge in [0, 0.05) is 37.8 Å². The van der Waals surface area contributed by atoms with Crippen LogP contribution in [0.2, 0.25) is 5.02 Å². The number of ether oxygens (including phenoxy) is 2. The van der Waals surface area contributed by atoms with Gasteiger partial charge < -0.3 is 19.5 Å². The molecule has 0 saturated carbocycles. The van der Waals surface area contributed by atoms with Gasteiger partial charge in [0.05, 0.1) is 6.54 Å². The van der Waals surface area contributed by atoms with Gasteiger partial charge in [-0.05, 0) is 18.2 Å². The van der Waals surface area contributed by atoms with Gasteiger partial charge in [0.15, 0.2) is 5.79 Å². The average Bonchev–Trinajstić information content (AvgIpc) is 2.47. The Morgan fingerprint density at radius 1 is 1.45 bits per heavy atom. The zero-order valence-corrected chi connectivity index (χ0v) is 12.3. The fourth-order valence-electron chi connectivity index (χ4n) is 2.44. The van der Waals surface area contributed by atoms with Gasteiger partial charge in [-0.15, -0.1) is 0 Å². The van der Waals surface area contributed by atoms with Crippen molar-refractivity contribution in [3.63, 3.8) is 0 Å². The van der Waals surface area contributed by atoms with E-state index in [9.17, 15) is 9.90 Å². The molecule has 1 aliphatic heterocycles. The molecule has 20 heavy (non-hydrogen) atoms. The molecule has 0 aromatic heterocycles. The molecule has 5 nitrogen and oxygen atoms in total. The van der Waals surface area contributed by atoms with E-state index in [4.69, 9.17) is 21.1 Å². The number of aliphatic hydroxyl groups excluding tert-OH is 1. The molecular formula is C14H18ClNO4. The third-order valence-electron chi connectivity index (χ3n) is 3.68. The molecule has 1 saturated heterocycles. The fraction of sp³-hybridized carbons (Fsp3) is 0.500. The summed E-state index contributed by atoms with van der Waals surface area (Å²) in [5.74, 6) is -1.20. The Hall–Kier alpha value is -1.14. The number of carbonyl (C=O) groups excluding carboxylic acids is 1. The van der Waals surface area contributed by atoms with Crippen LogP contribution in [0.15, 0.2) is 24.3 Å². The predicted molar refractivity (Wildman–Crippen MR) is 74.7 cm³/mol. The van der Waals surface area contributed by atoms with Crippen LogP contribution in [-0.4, -0.2) is 55.1 Å². The SMILES string of the molecule is COC1(OC)CCN(C(=O)c2cccc(Cl)c2)CC1O. The van der Waals surface area contributed by atoms with Gasteiger partial charge in [0.1, 0.15) is 6.10 Å². The molecule has 1 fully saturated rings. The summed E-state index contributed by atoms with van der Waals surface area (Å²) in [4.78, 5) is 13.9. The van der Waals surface area contributed by atoms with Crippen molar-refractivity contribution >= 4 is 17.5 Å². The number of benzene rings is 1. The van der Waals surface area contributed by atoms with Crippen LogP contribution in [0, 0.1) is 0 Å². The number of nitrogens with zero attached hydrogens (tertiary/aromatic N) is 1. The quantitative estimate of drug-likeness (QED) is 0.860. The molecule has 0 spiro atoms. The third-order valence-corrected chi connectivity index (χ3v) is 3.92. The van der Waals surface area contributed by atoms with Crippen LogP contribution in [0.3, 0.4) is 0 Å². The van der Waals surface area contributed by atoms with Gasteiger partial charge in [-0.2, -0.15) is 0 Å². The predicted octanol–water partition coefficient (Wildman–Crippen LogP) is 1.54. The number of β-amino-alcohol motifs (C(OH)–C–C–N with tert-alkyl or cyclic N) is 1. The first-order valence-electron chi connectivity index (χ1n) is 6.35. The Bertz CT molecular complexity index is 490. The van der Waals surface area contributed by atoms with Gasteiger partial charge in [-0.25, -0.2) is 0 Å². The molecule has 6 heteroatoms. The number of piperidine rings is 1. The number of amides is 1. The lowest BCUT2D eigenvalue weighted by atomic mass is 9.99. The van der Waals surface area contributed by atoms with Crippen LogP contribution in [0.5, 0.6) is 0 Å². The van der Waals surface area contributed by atoms with Crippen LogP contribution >= 0.6 is 11.6 Å². The summed E-state index contributed by atoms with van der Waals surface area (Å²) >= 11 is 5.89. The Morgan fingerprint density at radius 3 is 2.70 bits per heavy atom. The van der Waals surface area contributed by atoms with Gasteiger partial charge >= 0.3 is 0 Å². The monoisotopic (exact) mass is 299 g/mol. The van der Waals surface area contributed by atoms with Crippen molar-refractivity contribution < 1.29 is 19.4 Å². The third kappa shape index (κ3) is 2.81. The van der Waals surface area contributed by atoms with Crippen LogP contribution in [-0.2, 0) is 9.47 Å². The summed E-state index contributed by atoms with van der Waals surface area (Å²) in [6.07, 6.45) is -0.484. The van der Waals surface area contributed by atoms with E-state index in [0.29, 0.717) is 23.6 Å². The normalized spacial score (nSPS) is 21.8. The number of carbonyl (C=O) groups is 1. The Kier molecular flexibility index (Phi) is 4.65. The number of rotatable bonds is 3. The van der Waals surface area contributed by atoms with Crippen molar-refractivity contribution in [3.05, 3.63) is 34.9 Å². The number of aliphatic hydroxyl groups is 1. The van der Waals surface area contributed by atoms with Gasteiger partial charge in [-0.3, -0.25) is 4.79 Å². The summed E-state index contributed by atoms with van der Waals surface area (Å²) < 4.78 is 10.5. The van der Waals surface area contributed by atoms with E-state index in [1.807, 2.05) is 0 Å². The number of methoxy groups -OCH3 is 2. The minimum atomic E-state index is -1.04. The van der Waals surface area contributed by atoms with Crippen molar-refractivity contribution in [3.8, 4) is 0 Å². The number of hydrogen-bond donors (Lipinski definition) is 1. The molecule has 1 aromatic carbocycles. The van der Waals surface area contributed by atoms with Crippen LogP contribution in [0.4, 0.5) is 0 Å². The minimum Gasteiger partial charge on any atom is -0.386 e. The molecular weight excluding hydrogens is 282 g/mol. The van der Waals surface area contributed by atoms with Crippen LogP contribution in [0.1, 0.15) is 16.8 Å². The fourth-order valence-corrected chi connectivity index (χ4v) is 2.63. The first kappa shape index (κ1) is 15.3. The van der Waals surface area contributed by atoms with Gasteiger partial charge in [0.2, 0.25) is 0 Å². The van der Waals surface area contributed by atoms with E-state index in [2.05, 4.69) is 0 Å². The first-order valence-corrected chi connectivity index (χ1v) is 6.73. The molecule has 2 rings (SSSR count). The maximum absolute atomic E-state index is 12.4. The second kappa shape index (κ2) is 6.10. The highest BCUT2D eigenvalue weighted by atomic mass is 35.5. The molecule has 1 unspecified atom stereocenters. The molecule has 110 valence electrons. The van der Waals surface area contributed by atoms with Crippen molar-refractivity contribution in [1.82, 2.24) is 4.90 Å². The van der Waals surface area contributed by atoms with Crippen molar-refractivity contribution in [2.24, 2.45) is 0 Å².